The Hall–Kier alpha value is -1.85. The SMILES string of the molecule is CC[C@H](C)[C@H](Nc1ccnc2cc(Cl)ccc12)C(=O)N1CCN(C)CC1. The van der Waals surface area contributed by atoms with Crippen LogP contribution in [0.4, 0.5) is 5.69 Å². The first kappa shape index (κ1) is 18.9. The van der Waals surface area contributed by atoms with Crippen molar-refractivity contribution in [2.75, 3.05) is 38.5 Å². The lowest BCUT2D eigenvalue weighted by molar-refractivity contribution is -0.134. The smallest absolute Gasteiger partial charge is 0.245 e. The van der Waals surface area contributed by atoms with Gasteiger partial charge < -0.3 is 15.1 Å². The Labute approximate surface area is 160 Å². The molecule has 1 amide bonds. The highest BCUT2D eigenvalue weighted by Gasteiger charge is 2.30. The number of amides is 1. The third-order valence-electron chi connectivity index (χ3n) is 5.31. The number of halogens is 1. The molecule has 0 radical (unpaired) electrons. The molecule has 1 aliphatic rings. The zero-order valence-corrected chi connectivity index (χ0v) is 16.5. The summed E-state index contributed by atoms with van der Waals surface area (Å²) in [5.41, 5.74) is 1.76. The zero-order valence-electron chi connectivity index (χ0n) is 15.7. The number of likely N-dealkylation sites (N-methyl/N-ethyl adjacent to an activating group) is 1. The van der Waals surface area contributed by atoms with Crippen LogP contribution in [0.25, 0.3) is 10.9 Å². The van der Waals surface area contributed by atoms with Crippen LogP contribution in [0.2, 0.25) is 5.02 Å². The summed E-state index contributed by atoms with van der Waals surface area (Å²) in [5.74, 6) is 0.420. The van der Waals surface area contributed by atoms with Crippen molar-refractivity contribution in [2.45, 2.75) is 26.3 Å². The van der Waals surface area contributed by atoms with Crippen LogP contribution in [-0.4, -0.2) is 60.0 Å². The number of nitrogens with zero attached hydrogens (tertiary/aromatic N) is 3. The summed E-state index contributed by atoms with van der Waals surface area (Å²) in [7, 11) is 2.10. The van der Waals surface area contributed by atoms with Crippen LogP contribution in [0.5, 0.6) is 0 Å². The van der Waals surface area contributed by atoms with Crippen LogP contribution in [0.15, 0.2) is 30.5 Å². The number of piperazine rings is 1. The van der Waals surface area contributed by atoms with E-state index in [4.69, 9.17) is 11.6 Å². The molecule has 26 heavy (non-hydrogen) atoms. The highest BCUT2D eigenvalue weighted by atomic mass is 35.5. The van der Waals surface area contributed by atoms with E-state index in [9.17, 15) is 4.79 Å². The van der Waals surface area contributed by atoms with E-state index < -0.39 is 0 Å². The fourth-order valence-electron chi connectivity index (χ4n) is 3.32. The molecule has 0 bridgehead atoms. The van der Waals surface area contributed by atoms with E-state index >= 15 is 0 Å². The minimum Gasteiger partial charge on any atom is -0.373 e. The average molecular weight is 375 g/mol. The van der Waals surface area contributed by atoms with Crippen molar-refractivity contribution in [1.29, 1.82) is 0 Å². The molecule has 140 valence electrons. The van der Waals surface area contributed by atoms with Crippen molar-refractivity contribution >= 4 is 34.1 Å². The van der Waals surface area contributed by atoms with Gasteiger partial charge in [0.1, 0.15) is 6.04 Å². The average Bonchev–Trinajstić information content (AvgIpc) is 2.65. The second-order valence-corrected chi connectivity index (χ2v) is 7.59. The van der Waals surface area contributed by atoms with Crippen LogP contribution in [0.3, 0.4) is 0 Å². The molecule has 6 heteroatoms. The second kappa shape index (κ2) is 8.23. The molecule has 1 saturated heterocycles. The lowest BCUT2D eigenvalue weighted by Crippen LogP contribution is -2.53. The number of anilines is 1. The highest BCUT2D eigenvalue weighted by Crippen LogP contribution is 2.27. The molecule has 2 aromatic rings. The maximum absolute atomic E-state index is 13.2. The number of carbonyl (C=O) groups excluding carboxylic acids is 1. The van der Waals surface area contributed by atoms with Crippen molar-refractivity contribution in [1.82, 2.24) is 14.8 Å². The molecule has 5 nitrogen and oxygen atoms in total. The third kappa shape index (κ3) is 4.10. The topological polar surface area (TPSA) is 48.5 Å². The van der Waals surface area contributed by atoms with Crippen molar-refractivity contribution in [3.05, 3.63) is 35.5 Å². The lowest BCUT2D eigenvalue weighted by atomic mass is 9.96. The second-order valence-electron chi connectivity index (χ2n) is 7.16. The van der Waals surface area contributed by atoms with Gasteiger partial charge in [0.15, 0.2) is 0 Å². The van der Waals surface area contributed by atoms with Crippen LogP contribution >= 0.6 is 11.6 Å². The van der Waals surface area contributed by atoms with Gasteiger partial charge in [-0.25, -0.2) is 0 Å². The van der Waals surface area contributed by atoms with Crippen molar-refractivity contribution < 1.29 is 4.79 Å². The quantitative estimate of drug-likeness (QED) is 0.870. The van der Waals surface area contributed by atoms with Gasteiger partial charge in [-0.15, -0.1) is 0 Å². The van der Waals surface area contributed by atoms with Gasteiger partial charge in [-0.3, -0.25) is 9.78 Å². The first-order valence-electron chi connectivity index (χ1n) is 9.27. The molecule has 2 atom stereocenters. The summed E-state index contributed by atoms with van der Waals surface area (Å²) in [6, 6.07) is 7.36. The number of nitrogens with one attached hydrogen (secondary N) is 1. The molecule has 0 aliphatic carbocycles. The van der Waals surface area contributed by atoms with E-state index in [1.165, 1.54) is 0 Å². The van der Waals surface area contributed by atoms with Crippen LogP contribution in [0.1, 0.15) is 20.3 Å². The monoisotopic (exact) mass is 374 g/mol. The molecule has 0 unspecified atom stereocenters. The van der Waals surface area contributed by atoms with Gasteiger partial charge in [0.05, 0.1) is 5.52 Å². The molecule has 0 saturated carbocycles. The van der Waals surface area contributed by atoms with Gasteiger partial charge in [-0.1, -0.05) is 31.9 Å². The van der Waals surface area contributed by atoms with Gasteiger partial charge >= 0.3 is 0 Å². The van der Waals surface area contributed by atoms with Crippen molar-refractivity contribution in [3.8, 4) is 0 Å². The molecule has 2 heterocycles. The number of pyridine rings is 1. The maximum Gasteiger partial charge on any atom is 0.245 e. The van der Waals surface area contributed by atoms with Gasteiger partial charge in [0, 0.05) is 48.5 Å². The normalized spacial score (nSPS) is 17.9. The van der Waals surface area contributed by atoms with E-state index in [0.29, 0.717) is 5.02 Å². The fourth-order valence-corrected chi connectivity index (χ4v) is 3.49. The number of benzene rings is 1. The Morgan fingerprint density at radius 3 is 2.69 bits per heavy atom. The highest BCUT2D eigenvalue weighted by molar-refractivity contribution is 6.31. The van der Waals surface area contributed by atoms with Crippen LogP contribution < -0.4 is 5.32 Å². The minimum absolute atomic E-state index is 0.186. The molecule has 3 rings (SSSR count). The molecular formula is C20H27ClN4O. The van der Waals surface area contributed by atoms with E-state index in [2.05, 4.69) is 36.1 Å². The Balaban J connectivity index is 1.86. The van der Waals surface area contributed by atoms with Crippen LogP contribution in [-0.2, 0) is 4.79 Å². The Kier molecular flexibility index (Phi) is 5.99. The molecule has 1 aliphatic heterocycles. The van der Waals surface area contributed by atoms with E-state index in [-0.39, 0.29) is 17.9 Å². The molecule has 1 N–H and O–H groups in total. The third-order valence-corrected chi connectivity index (χ3v) is 5.54. The maximum atomic E-state index is 13.2. The molecular weight excluding hydrogens is 348 g/mol. The molecule has 1 fully saturated rings. The largest absolute Gasteiger partial charge is 0.373 e. The molecule has 1 aromatic carbocycles. The summed E-state index contributed by atoms with van der Waals surface area (Å²) >= 11 is 6.09. The van der Waals surface area contributed by atoms with E-state index in [1.54, 1.807) is 6.20 Å². The van der Waals surface area contributed by atoms with Crippen molar-refractivity contribution in [2.24, 2.45) is 5.92 Å². The predicted octanol–water partition coefficient (Wildman–Crippen LogP) is 3.49. The van der Waals surface area contributed by atoms with E-state index in [0.717, 1.165) is 49.2 Å². The van der Waals surface area contributed by atoms with Gasteiger partial charge in [0.2, 0.25) is 5.91 Å². The lowest BCUT2D eigenvalue weighted by Gasteiger charge is -2.36. The Morgan fingerprint density at radius 1 is 1.27 bits per heavy atom. The first-order chi connectivity index (χ1) is 12.5. The number of rotatable bonds is 5. The number of carbonyl (C=O) groups is 1. The first-order valence-corrected chi connectivity index (χ1v) is 9.65. The van der Waals surface area contributed by atoms with Gasteiger partial charge in [-0.2, -0.15) is 0 Å². The number of fused-ring (bicyclic) bond motifs is 1. The summed E-state index contributed by atoms with van der Waals surface area (Å²) in [6.07, 6.45) is 2.70. The van der Waals surface area contributed by atoms with E-state index in [1.807, 2.05) is 29.2 Å². The summed E-state index contributed by atoms with van der Waals surface area (Å²) in [6.45, 7) is 7.69. The van der Waals surface area contributed by atoms with Crippen molar-refractivity contribution in [3.63, 3.8) is 0 Å². The minimum atomic E-state index is -0.246. The summed E-state index contributed by atoms with van der Waals surface area (Å²) < 4.78 is 0. The van der Waals surface area contributed by atoms with Gasteiger partial charge in [-0.05, 0) is 37.2 Å². The van der Waals surface area contributed by atoms with Gasteiger partial charge in [0.25, 0.3) is 0 Å². The predicted molar refractivity (Wildman–Crippen MR) is 108 cm³/mol. The Bertz CT molecular complexity index is 773. The summed E-state index contributed by atoms with van der Waals surface area (Å²) in [5, 5.41) is 5.16. The van der Waals surface area contributed by atoms with Crippen LogP contribution in [0, 0.1) is 5.92 Å². The number of hydrogen-bond donors (Lipinski definition) is 1. The zero-order chi connectivity index (χ0) is 18.7. The number of hydrogen-bond acceptors (Lipinski definition) is 4. The summed E-state index contributed by atoms with van der Waals surface area (Å²) in [4.78, 5) is 21.9. The Morgan fingerprint density at radius 2 is 2.00 bits per heavy atom. The number of aromatic nitrogens is 1. The fraction of sp³-hybridized carbons (Fsp3) is 0.500. The molecule has 1 aromatic heterocycles. The standard InChI is InChI=1S/C20H27ClN4O/c1-4-14(2)19(20(26)25-11-9-24(3)10-12-25)23-17-7-8-22-18-13-15(21)5-6-16(17)18/h5-8,13-14,19H,4,9-12H2,1-3H3,(H,22,23)/t14-,19-/m0/s1. The molecule has 0 spiro atoms.